The Morgan fingerprint density at radius 3 is 2.59 bits per heavy atom. The van der Waals surface area contributed by atoms with Crippen molar-refractivity contribution in [3.63, 3.8) is 0 Å². The van der Waals surface area contributed by atoms with Crippen molar-refractivity contribution in [1.29, 1.82) is 0 Å². The number of esters is 1. The Labute approximate surface area is 133 Å². The second-order valence-corrected chi connectivity index (χ2v) is 6.37. The maximum Gasteiger partial charge on any atom is 0.305 e. The average Bonchev–Trinajstić information content (AvgIpc) is 2.46. The van der Waals surface area contributed by atoms with Crippen molar-refractivity contribution in [1.82, 2.24) is 0 Å². The first-order valence-corrected chi connectivity index (χ1v) is 8.05. The van der Waals surface area contributed by atoms with Crippen LogP contribution in [0.3, 0.4) is 0 Å². The van der Waals surface area contributed by atoms with Crippen molar-refractivity contribution >= 4 is 5.97 Å². The molecule has 0 radical (unpaired) electrons. The van der Waals surface area contributed by atoms with Crippen molar-refractivity contribution in [2.24, 2.45) is 0 Å². The van der Waals surface area contributed by atoms with Gasteiger partial charge in [0.1, 0.15) is 11.5 Å². The van der Waals surface area contributed by atoms with Crippen LogP contribution in [0.4, 0.5) is 0 Å². The molecule has 0 aliphatic carbocycles. The summed E-state index contributed by atoms with van der Waals surface area (Å²) in [6.45, 7) is 6.60. The molecular weight excluding hydrogens is 280 g/mol. The Bertz CT molecular complexity index is 480. The lowest BCUT2D eigenvalue weighted by Gasteiger charge is -2.26. The molecule has 1 rings (SSSR count). The highest BCUT2D eigenvalue weighted by atomic mass is 16.5. The molecule has 0 fully saturated rings. The number of hydrogen-bond acceptors (Lipinski definition) is 4. The van der Waals surface area contributed by atoms with Gasteiger partial charge in [0.05, 0.1) is 6.61 Å². The summed E-state index contributed by atoms with van der Waals surface area (Å²) >= 11 is 0. The van der Waals surface area contributed by atoms with Gasteiger partial charge in [-0.3, -0.25) is 4.79 Å². The summed E-state index contributed by atoms with van der Waals surface area (Å²) in [7, 11) is 0. The number of carbonyl (C=O) groups excluding carboxylic acids is 1. The van der Waals surface area contributed by atoms with Crippen LogP contribution in [0, 0.1) is 0 Å². The number of hydrogen-bond donors (Lipinski definition) is 2. The quantitative estimate of drug-likeness (QED) is 0.406. The molecule has 0 atom stereocenters. The molecule has 22 heavy (non-hydrogen) atoms. The minimum atomic E-state index is -0.314. The van der Waals surface area contributed by atoms with Crippen LogP contribution in [0.2, 0.25) is 0 Å². The molecule has 0 spiro atoms. The number of phenols is 2. The molecule has 0 saturated carbocycles. The first-order chi connectivity index (χ1) is 10.4. The van der Waals surface area contributed by atoms with E-state index in [-0.39, 0.29) is 22.9 Å². The van der Waals surface area contributed by atoms with E-state index >= 15 is 0 Å². The van der Waals surface area contributed by atoms with E-state index in [0.29, 0.717) is 25.0 Å². The van der Waals surface area contributed by atoms with Gasteiger partial charge >= 0.3 is 5.97 Å². The molecule has 124 valence electrons. The van der Waals surface area contributed by atoms with Crippen LogP contribution in [0.1, 0.15) is 64.9 Å². The van der Waals surface area contributed by atoms with E-state index in [4.69, 9.17) is 4.74 Å². The summed E-state index contributed by atoms with van der Waals surface area (Å²) in [6.07, 6.45) is 4.92. The molecule has 4 nitrogen and oxygen atoms in total. The van der Waals surface area contributed by atoms with Gasteiger partial charge in [0.15, 0.2) is 0 Å². The second kappa shape index (κ2) is 8.66. The maximum atomic E-state index is 11.6. The van der Waals surface area contributed by atoms with E-state index < -0.39 is 0 Å². The highest BCUT2D eigenvalue weighted by molar-refractivity contribution is 5.69. The topological polar surface area (TPSA) is 66.8 Å². The van der Waals surface area contributed by atoms with Crippen LogP contribution in [-0.2, 0) is 14.9 Å². The zero-order chi connectivity index (χ0) is 16.6. The minimum Gasteiger partial charge on any atom is -0.508 e. The molecule has 1 aromatic rings. The molecule has 0 unspecified atom stereocenters. The predicted molar refractivity (Wildman–Crippen MR) is 87.1 cm³/mol. The predicted octanol–water partition coefficient (Wildman–Crippen LogP) is 4.28. The maximum absolute atomic E-state index is 11.6. The smallest absolute Gasteiger partial charge is 0.305 e. The van der Waals surface area contributed by atoms with Crippen molar-refractivity contribution in [2.75, 3.05) is 6.61 Å². The molecule has 0 amide bonds. The molecule has 0 aliphatic heterocycles. The summed E-state index contributed by atoms with van der Waals surface area (Å²) in [6, 6.07) is 4.54. The molecular formula is C18H28O4. The van der Waals surface area contributed by atoms with Gasteiger partial charge in [-0.2, -0.15) is 0 Å². The number of carbonyl (C=O) groups is 1. The lowest BCUT2D eigenvalue weighted by molar-refractivity contribution is -0.143. The lowest BCUT2D eigenvalue weighted by Crippen LogP contribution is -2.18. The standard InChI is InChI=1S/C18H28O4/c1-4-5-6-12-22-17(21)8-7-11-18(2,3)15-13-14(19)9-10-16(15)20/h9-10,13,19-20H,4-8,11-12H2,1-3H3. The van der Waals surface area contributed by atoms with Gasteiger partial charge in [-0.15, -0.1) is 0 Å². The normalized spacial score (nSPS) is 11.4. The summed E-state index contributed by atoms with van der Waals surface area (Å²) in [5.41, 5.74) is 0.384. The molecule has 1 aromatic carbocycles. The second-order valence-electron chi connectivity index (χ2n) is 6.37. The fourth-order valence-electron chi connectivity index (χ4n) is 2.49. The largest absolute Gasteiger partial charge is 0.508 e. The minimum absolute atomic E-state index is 0.135. The van der Waals surface area contributed by atoms with E-state index in [1.807, 2.05) is 13.8 Å². The van der Waals surface area contributed by atoms with Gasteiger partial charge in [-0.05, 0) is 42.9 Å². The van der Waals surface area contributed by atoms with E-state index in [1.54, 1.807) is 6.07 Å². The highest BCUT2D eigenvalue weighted by Crippen LogP contribution is 2.36. The summed E-state index contributed by atoms with van der Waals surface area (Å²) in [5.74, 6) is 0.146. The monoisotopic (exact) mass is 308 g/mol. The summed E-state index contributed by atoms with van der Waals surface area (Å²) < 4.78 is 5.18. The molecule has 0 bridgehead atoms. The lowest BCUT2D eigenvalue weighted by atomic mass is 9.79. The molecule has 4 heteroatoms. The Morgan fingerprint density at radius 1 is 1.18 bits per heavy atom. The third-order valence-electron chi connectivity index (χ3n) is 3.90. The Balaban J connectivity index is 2.42. The number of rotatable bonds is 9. The van der Waals surface area contributed by atoms with E-state index in [0.717, 1.165) is 25.7 Å². The first kappa shape index (κ1) is 18.3. The SMILES string of the molecule is CCCCCOC(=O)CCCC(C)(C)c1cc(O)ccc1O. The van der Waals surface area contributed by atoms with Crippen LogP contribution < -0.4 is 0 Å². The Morgan fingerprint density at radius 2 is 1.91 bits per heavy atom. The average molecular weight is 308 g/mol. The summed E-state index contributed by atoms with van der Waals surface area (Å²) in [4.78, 5) is 11.6. The number of ether oxygens (including phenoxy) is 1. The van der Waals surface area contributed by atoms with Crippen LogP contribution in [0.5, 0.6) is 11.5 Å². The van der Waals surface area contributed by atoms with E-state index in [9.17, 15) is 15.0 Å². The van der Waals surface area contributed by atoms with Crippen molar-refractivity contribution < 1.29 is 19.7 Å². The molecule has 0 saturated heterocycles. The fourth-order valence-corrected chi connectivity index (χ4v) is 2.49. The third kappa shape index (κ3) is 5.96. The molecule has 0 aliphatic rings. The van der Waals surface area contributed by atoms with E-state index in [2.05, 4.69) is 6.92 Å². The van der Waals surface area contributed by atoms with Crippen LogP contribution in [0.25, 0.3) is 0 Å². The van der Waals surface area contributed by atoms with Crippen LogP contribution >= 0.6 is 0 Å². The van der Waals surface area contributed by atoms with Gasteiger partial charge in [-0.25, -0.2) is 0 Å². The van der Waals surface area contributed by atoms with Crippen molar-refractivity contribution in [3.05, 3.63) is 23.8 Å². The zero-order valence-corrected chi connectivity index (χ0v) is 13.9. The Kier molecular flexibility index (Phi) is 7.22. The number of benzene rings is 1. The number of phenolic OH excluding ortho intramolecular Hbond substituents is 2. The van der Waals surface area contributed by atoms with Gasteiger partial charge in [0, 0.05) is 12.0 Å². The van der Waals surface area contributed by atoms with Gasteiger partial charge in [0.25, 0.3) is 0 Å². The van der Waals surface area contributed by atoms with E-state index in [1.165, 1.54) is 12.1 Å². The van der Waals surface area contributed by atoms with Gasteiger partial charge < -0.3 is 14.9 Å². The molecule has 0 aromatic heterocycles. The first-order valence-electron chi connectivity index (χ1n) is 8.05. The number of aromatic hydroxyl groups is 2. The van der Waals surface area contributed by atoms with Crippen molar-refractivity contribution in [2.45, 2.75) is 64.7 Å². The zero-order valence-electron chi connectivity index (χ0n) is 13.9. The van der Waals surface area contributed by atoms with Crippen molar-refractivity contribution in [3.8, 4) is 11.5 Å². The van der Waals surface area contributed by atoms with Crippen LogP contribution in [0.15, 0.2) is 18.2 Å². The van der Waals surface area contributed by atoms with Gasteiger partial charge in [-0.1, -0.05) is 33.6 Å². The number of unbranched alkanes of at least 4 members (excludes halogenated alkanes) is 2. The molecule has 0 heterocycles. The summed E-state index contributed by atoms with van der Waals surface area (Å²) in [5, 5.41) is 19.5. The fraction of sp³-hybridized carbons (Fsp3) is 0.611. The Hall–Kier alpha value is -1.71. The third-order valence-corrected chi connectivity index (χ3v) is 3.90. The van der Waals surface area contributed by atoms with Crippen LogP contribution in [-0.4, -0.2) is 22.8 Å². The molecule has 2 N–H and O–H groups in total. The van der Waals surface area contributed by atoms with Gasteiger partial charge in [0.2, 0.25) is 0 Å². The highest BCUT2D eigenvalue weighted by Gasteiger charge is 2.24.